The van der Waals surface area contributed by atoms with Gasteiger partial charge in [0, 0.05) is 0 Å². The summed E-state index contributed by atoms with van der Waals surface area (Å²) in [6.45, 7) is 6.90. The zero-order chi connectivity index (χ0) is 10.3. The summed E-state index contributed by atoms with van der Waals surface area (Å²) in [6, 6.07) is 0. The first-order valence-corrected chi connectivity index (χ1v) is 4.94. The maximum Gasteiger partial charge on any atom is 0.325 e. The molecule has 0 aromatic rings. The molecule has 3 heteroatoms. The molecule has 0 saturated heterocycles. The molecule has 0 saturated carbocycles. The van der Waals surface area contributed by atoms with Gasteiger partial charge < -0.3 is 10.1 Å². The summed E-state index contributed by atoms with van der Waals surface area (Å²) in [6.07, 6.45) is 2.82. The van der Waals surface area contributed by atoms with Crippen LogP contribution in [0.2, 0.25) is 0 Å². The van der Waals surface area contributed by atoms with Gasteiger partial charge in [0.2, 0.25) is 0 Å². The van der Waals surface area contributed by atoms with Crippen LogP contribution >= 0.6 is 0 Å². The van der Waals surface area contributed by atoms with Gasteiger partial charge in [0.25, 0.3) is 0 Å². The van der Waals surface area contributed by atoms with Gasteiger partial charge in [-0.1, -0.05) is 20.3 Å². The zero-order valence-electron chi connectivity index (χ0n) is 9.14. The summed E-state index contributed by atoms with van der Waals surface area (Å²) in [7, 11) is 1.43. The molecule has 0 aliphatic heterocycles. The van der Waals surface area contributed by atoms with Crippen LogP contribution in [-0.2, 0) is 9.53 Å². The third kappa shape index (κ3) is 3.77. The number of carbonyl (C=O) groups is 1. The largest absolute Gasteiger partial charge is 0.468 e. The van der Waals surface area contributed by atoms with Crippen molar-refractivity contribution in [2.24, 2.45) is 0 Å². The van der Waals surface area contributed by atoms with Gasteiger partial charge >= 0.3 is 5.97 Å². The minimum atomic E-state index is -0.500. The van der Waals surface area contributed by atoms with Gasteiger partial charge in [0.1, 0.15) is 5.54 Å². The topological polar surface area (TPSA) is 38.3 Å². The maximum atomic E-state index is 11.4. The van der Waals surface area contributed by atoms with Gasteiger partial charge in [-0.2, -0.15) is 0 Å². The summed E-state index contributed by atoms with van der Waals surface area (Å²) in [5.74, 6) is -0.164. The first kappa shape index (κ1) is 12.4. The molecule has 0 aromatic heterocycles. The van der Waals surface area contributed by atoms with E-state index in [4.69, 9.17) is 4.74 Å². The Morgan fingerprint density at radius 1 is 1.38 bits per heavy atom. The van der Waals surface area contributed by atoms with E-state index in [1.165, 1.54) is 7.11 Å². The van der Waals surface area contributed by atoms with E-state index in [9.17, 15) is 4.79 Å². The average Bonchev–Trinajstić information content (AvgIpc) is 2.14. The van der Waals surface area contributed by atoms with Crippen molar-refractivity contribution in [1.29, 1.82) is 0 Å². The van der Waals surface area contributed by atoms with Gasteiger partial charge in [0.05, 0.1) is 7.11 Å². The molecule has 3 nitrogen and oxygen atoms in total. The van der Waals surface area contributed by atoms with Crippen molar-refractivity contribution >= 4 is 5.97 Å². The minimum Gasteiger partial charge on any atom is -0.468 e. The number of carbonyl (C=O) groups excluding carboxylic acids is 1. The van der Waals surface area contributed by atoms with Gasteiger partial charge in [-0.3, -0.25) is 4.79 Å². The van der Waals surface area contributed by atoms with E-state index >= 15 is 0 Å². The number of esters is 1. The third-order valence-electron chi connectivity index (χ3n) is 2.15. The Bertz CT molecular complexity index is 159. The number of hydrogen-bond acceptors (Lipinski definition) is 3. The van der Waals surface area contributed by atoms with Crippen LogP contribution in [0.3, 0.4) is 0 Å². The van der Waals surface area contributed by atoms with Crippen LogP contribution in [0, 0.1) is 0 Å². The Labute approximate surface area is 80.8 Å². The van der Waals surface area contributed by atoms with Crippen LogP contribution < -0.4 is 5.32 Å². The highest BCUT2D eigenvalue weighted by molar-refractivity contribution is 5.80. The summed E-state index contributed by atoms with van der Waals surface area (Å²) in [4.78, 5) is 11.4. The lowest BCUT2D eigenvalue weighted by Crippen LogP contribution is -2.50. The van der Waals surface area contributed by atoms with Crippen LogP contribution in [0.1, 0.15) is 40.0 Å². The van der Waals surface area contributed by atoms with Crippen molar-refractivity contribution in [1.82, 2.24) is 5.32 Å². The average molecular weight is 187 g/mol. The second kappa shape index (κ2) is 5.97. The van der Waals surface area contributed by atoms with Crippen molar-refractivity contribution in [2.45, 2.75) is 45.6 Å². The molecule has 0 aliphatic carbocycles. The molecular formula is C10H21NO2. The fourth-order valence-corrected chi connectivity index (χ4v) is 1.39. The second-order valence-electron chi connectivity index (χ2n) is 3.50. The fourth-order valence-electron chi connectivity index (χ4n) is 1.39. The third-order valence-corrected chi connectivity index (χ3v) is 2.15. The molecule has 1 N–H and O–H groups in total. The number of methoxy groups -OCH3 is 1. The molecule has 1 unspecified atom stereocenters. The molecule has 0 fully saturated rings. The lowest BCUT2D eigenvalue weighted by atomic mass is 9.96. The van der Waals surface area contributed by atoms with Gasteiger partial charge in [-0.25, -0.2) is 0 Å². The van der Waals surface area contributed by atoms with Crippen LogP contribution in [0.5, 0.6) is 0 Å². The van der Waals surface area contributed by atoms with Crippen LogP contribution in [-0.4, -0.2) is 25.2 Å². The fraction of sp³-hybridized carbons (Fsp3) is 0.900. The predicted molar refractivity (Wildman–Crippen MR) is 53.6 cm³/mol. The minimum absolute atomic E-state index is 0.164. The van der Waals surface area contributed by atoms with Crippen molar-refractivity contribution < 1.29 is 9.53 Å². The number of ether oxygens (including phenoxy) is 1. The zero-order valence-corrected chi connectivity index (χ0v) is 9.14. The molecule has 0 aromatic carbocycles. The SMILES string of the molecule is CCCNC(C)(CCC)C(=O)OC. The Morgan fingerprint density at radius 2 is 2.00 bits per heavy atom. The maximum absolute atomic E-state index is 11.4. The monoisotopic (exact) mass is 187 g/mol. The standard InChI is InChI=1S/C10H21NO2/c1-5-7-10(3,9(12)13-4)11-8-6-2/h11H,5-8H2,1-4H3. The Hall–Kier alpha value is -0.570. The van der Waals surface area contributed by atoms with Crippen molar-refractivity contribution in [3.63, 3.8) is 0 Å². The molecular weight excluding hydrogens is 166 g/mol. The highest BCUT2D eigenvalue weighted by Gasteiger charge is 2.32. The lowest BCUT2D eigenvalue weighted by molar-refractivity contribution is -0.148. The van der Waals surface area contributed by atoms with E-state index < -0.39 is 5.54 Å². The van der Waals surface area contributed by atoms with Gasteiger partial charge in [-0.05, 0) is 26.3 Å². The summed E-state index contributed by atoms with van der Waals surface area (Å²) in [5.41, 5.74) is -0.500. The highest BCUT2D eigenvalue weighted by Crippen LogP contribution is 2.13. The Balaban J connectivity index is 4.23. The van der Waals surface area contributed by atoms with Crippen molar-refractivity contribution in [3.8, 4) is 0 Å². The Kier molecular flexibility index (Phi) is 5.71. The first-order valence-electron chi connectivity index (χ1n) is 4.94. The molecule has 0 radical (unpaired) electrons. The normalized spacial score (nSPS) is 15.1. The molecule has 0 aliphatic rings. The molecule has 1 atom stereocenters. The molecule has 0 heterocycles. The van der Waals surface area contributed by atoms with Crippen molar-refractivity contribution in [2.75, 3.05) is 13.7 Å². The Morgan fingerprint density at radius 3 is 2.38 bits per heavy atom. The molecule has 0 bridgehead atoms. The predicted octanol–water partition coefficient (Wildman–Crippen LogP) is 1.72. The van der Waals surface area contributed by atoms with E-state index in [-0.39, 0.29) is 5.97 Å². The van der Waals surface area contributed by atoms with Crippen LogP contribution in [0.4, 0.5) is 0 Å². The number of hydrogen-bond donors (Lipinski definition) is 1. The molecule has 0 amide bonds. The quantitative estimate of drug-likeness (QED) is 0.643. The van der Waals surface area contributed by atoms with E-state index in [0.717, 1.165) is 25.8 Å². The lowest BCUT2D eigenvalue weighted by Gasteiger charge is -2.27. The molecule has 78 valence electrons. The summed E-state index contributed by atoms with van der Waals surface area (Å²) in [5, 5.41) is 3.22. The van der Waals surface area contributed by atoms with Crippen molar-refractivity contribution in [3.05, 3.63) is 0 Å². The molecule has 0 spiro atoms. The highest BCUT2D eigenvalue weighted by atomic mass is 16.5. The first-order chi connectivity index (χ1) is 6.10. The van der Waals surface area contributed by atoms with E-state index in [2.05, 4.69) is 19.2 Å². The summed E-state index contributed by atoms with van der Waals surface area (Å²) < 4.78 is 4.76. The van der Waals surface area contributed by atoms with Crippen LogP contribution in [0.15, 0.2) is 0 Å². The number of nitrogens with one attached hydrogen (secondary N) is 1. The van der Waals surface area contributed by atoms with Crippen LogP contribution in [0.25, 0.3) is 0 Å². The van der Waals surface area contributed by atoms with E-state index in [1.54, 1.807) is 0 Å². The van der Waals surface area contributed by atoms with E-state index in [0.29, 0.717) is 0 Å². The molecule has 13 heavy (non-hydrogen) atoms. The summed E-state index contributed by atoms with van der Waals surface area (Å²) >= 11 is 0. The smallest absolute Gasteiger partial charge is 0.325 e. The number of rotatable bonds is 6. The van der Waals surface area contributed by atoms with Gasteiger partial charge in [-0.15, -0.1) is 0 Å². The van der Waals surface area contributed by atoms with E-state index in [1.807, 2.05) is 6.92 Å². The van der Waals surface area contributed by atoms with Gasteiger partial charge in [0.15, 0.2) is 0 Å². The second-order valence-corrected chi connectivity index (χ2v) is 3.50. The molecule has 0 rings (SSSR count).